The summed E-state index contributed by atoms with van der Waals surface area (Å²) in [6.45, 7) is 4.10. The van der Waals surface area contributed by atoms with Gasteiger partial charge in [0.1, 0.15) is 5.82 Å². The second-order valence-electron chi connectivity index (χ2n) is 6.10. The Labute approximate surface area is 143 Å². The van der Waals surface area contributed by atoms with E-state index < -0.39 is 17.9 Å². The van der Waals surface area contributed by atoms with Crippen molar-refractivity contribution in [3.63, 3.8) is 0 Å². The average molecular weight is 337 g/mol. The summed E-state index contributed by atoms with van der Waals surface area (Å²) < 4.78 is 13.9. The van der Waals surface area contributed by atoms with E-state index in [9.17, 15) is 14.0 Å². The molecule has 0 aromatic heterocycles. The Balaban J connectivity index is 2.58. The van der Waals surface area contributed by atoms with Crippen molar-refractivity contribution in [2.24, 2.45) is 5.73 Å². The Morgan fingerprint density at radius 2 is 1.88 bits per heavy atom. The van der Waals surface area contributed by atoms with E-state index in [0.29, 0.717) is 0 Å². The standard InChI is InChI=1S/C18H28FN3O2/c1-3-4-5-6-9-13(2)21-17(23)12-16(22-18(20)24)14-10-7-8-11-15(14)19/h7-8,10-11,13,16H,3-6,9,12H2,1-2H3,(H,21,23)(H3,20,22,24)/t13-,16+/m1/s1. The van der Waals surface area contributed by atoms with Gasteiger partial charge in [0, 0.05) is 11.6 Å². The van der Waals surface area contributed by atoms with Gasteiger partial charge in [0.2, 0.25) is 5.91 Å². The van der Waals surface area contributed by atoms with E-state index in [4.69, 9.17) is 5.73 Å². The van der Waals surface area contributed by atoms with Crippen molar-refractivity contribution in [2.75, 3.05) is 0 Å². The predicted octanol–water partition coefficient (Wildman–Crippen LogP) is 3.40. The molecule has 0 spiro atoms. The van der Waals surface area contributed by atoms with Crippen LogP contribution in [0.1, 0.15) is 64.0 Å². The van der Waals surface area contributed by atoms with Crippen LogP contribution in [0.3, 0.4) is 0 Å². The first-order chi connectivity index (χ1) is 11.4. The highest BCUT2D eigenvalue weighted by Gasteiger charge is 2.21. The van der Waals surface area contributed by atoms with E-state index >= 15 is 0 Å². The number of rotatable bonds is 10. The summed E-state index contributed by atoms with van der Waals surface area (Å²) in [5, 5.41) is 5.34. The quantitative estimate of drug-likeness (QED) is 0.572. The van der Waals surface area contributed by atoms with Gasteiger partial charge in [0.25, 0.3) is 0 Å². The number of nitrogens with one attached hydrogen (secondary N) is 2. The molecule has 0 fully saturated rings. The third-order valence-corrected chi connectivity index (χ3v) is 3.88. The molecule has 3 amide bonds. The molecule has 5 nitrogen and oxygen atoms in total. The van der Waals surface area contributed by atoms with Gasteiger partial charge >= 0.3 is 6.03 Å². The molecule has 1 aromatic rings. The SMILES string of the molecule is CCCCCC[C@@H](C)NC(=O)C[C@H](NC(N)=O)c1ccccc1F. The van der Waals surface area contributed by atoms with Crippen LogP contribution >= 0.6 is 0 Å². The number of urea groups is 1. The molecule has 0 heterocycles. The summed E-state index contributed by atoms with van der Waals surface area (Å²) in [5.41, 5.74) is 5.40. The van der Waals surface area contributed by atoms with Crippen molar-refractivity contribution in [1.82, 2.24) is 10.6 Å². The van der Waals surface area contributed by atoms with E-state index in [1.54, 1.807) is 12.1 Å². The van der Waals surface area contributed by atoms with E-state index in [0.717, 1.165) is 19.3 Å². The number of amides is 3. The van der Waals surface area contributed by atoms with E-state index in [1.807, 2.05) is 6.92 Å². The molecular weight excluding hydrogens is 309 g/mol. The third-order valence-electron chi connectivity index (χ3n) is 3.88. The molecule has 134 valence electrons. The number of hydrogen-bond acceptors (Lipinski definition) is 2. The number of benzene rings is 1. The lowest BCUT2D eigenvalue weighted by Gasteiger charge is -2.20. The molecule has 24 heavy (non-hydrogen) atoms. The first kappa shape index (κ1) is 19.9. The Bertz CT molecular complexity index is 537. The Hall–Kier alpha value is -2.11. The maximum absolute atomic E-state index is 13.9. The maximum Gasteiger partial charge on any atom is 0.312 e. The summed E-state index contributed by atoms with van der Waals surface area (Å²) in [7, 11) is 0. The van der Waals surface area contributed by atoms with E-state index in [-0.39, 0.29) is 23.9 Å². The summed E-state index contributed by atoms with van der Waals surface area (Å²) in [4.78, 5) is 23.4. The minimum Gasteiger partial charge on any atom is -0.354 e. The zero-order valence-electron chi connectivity index (χ0n) is 14.5. The van der Waals surface area contributed by atoms with Crippen LogP contribution in [0, 0.1) is 5.82 Å². The minimum absolute atomic E-state index is 0.0456. The van der Waals surface area contributed by atoms with Crippen molar-refractivity contribution >= 4 is 11.9 Å². The first-order valence-corrected chi connectivity index (χ1v) is 8.53. The zero-order valence-corrected chi connectivity index (χ0v) is 14.5. The van der Waals surface area contributed by atoms with Gasteiger partial charge in [0.15, 0.2) is 0 Å². The summed E-state index contributed by atoms with van der Waals surface area (Å²) in [6.07, 6.45) is 5.42. The van der Waals surface area contributed by atoms with E-state index in [2.05, 4.69) is 17.6 Å². The van der Waals surface area contributed by atoms with E-state index in [1.165, 1.54) is 25.0 Å². The molecule has 1 aromatic carbocycles. The lowest BCUT2D eigenvalue weighted by Crippen LogP contribution is -2.39. The molecular formula is C18H28FN3O2. The molecule has 0 aliphatic heterocycles. The average Bonchev–Trinajstić information content (AvgIpc) is 2.51. The fourth-order valence-corrected chi connectivity index (χ4v) is 2.64. The molecule has 1 rings (SSSR count). The summed E-state index contributed by atoms with van der Waals surface area (Å²) >= 11 is 0. The number of carbonyl (C=O) groups is 2. The second kappa shape index (κ2) is 10.6. The zero-order chi connectivity index (χ0) is 17.9. The van der Waals surface area contributed by atoms with Gasteiger partial charge < -0.3 is 16.4 Å². The Morgan fingerprint density at radius 3 is 2.50 bits per heavy atom. The molecule has 0 bridgehead atoms. The summed E-state index contributed by atoms with van der Waals surface area (Å²) in [6, 6.07) is 4.52. The highest BCUT2D eigenvalue weighted by Crippen LogP contribution is 2.20. The van der Waals surface area contributed by atoms with Crippen LogP contribution in [0.25, 0.3) is 0 Å². The number of halogens is 1. The predicted molar refractivity (Wildman–Crippen MR) is 92.8 cm³/mol. The normalized spacial score (nSPS) is 13.1. The van der Waals surface area contributed by atoms with Gasteiger partial charge in [0.05, 0.1) is 12.5 Å². The van der Waals surface area contributed by atoms with Crippen LogP contribution in [-0.4, -0.2) is 18.0 Å². The highest BCUT2D eigenvalue weighted by atomic mass is 19.1. The maximum atomic E-state index is 13.9. The number of hydrogen-bond donors (Lipinski definition) is 3. The molecule has 0 saturated heterocycles. The van der Waals surface area contributed by atoms with Crippen LogP contribution in [0.2, 0.25) is 0 Å². The van der Waals surface area contributed by atoms with Gasteiger partial charge in [-0.15, -0.1) is 0 Å². The minimum atomic E-state index is -0.788. The van der Waals surface area contributed by atoms with Gasteiger partial charge in [-0.05, 0) is 19.4 Å². The molecule has 2 atom stereocenters. The monoisotopic (exact) mass is 337 g/mol. The fourth-order valence-electron chi connectivity index (χ4n) is 2.64. The first-order valence-electron chi connectivity index (χ1n) is 8.53. The topological polar surface area (TPSA) is 84.2 Å². The van der Waals surface area contributed by atoms with Crippen molar-refractivity contribution in [2.45, 2.75) is 64.5 Å². The van der Waals surface area contributed by atoms with Crippen molar-refractivity contribution in [1.29, 1.82) is 0 Å². The number of primary amides is 1. The third kappa shape index (κ3) is 7.44. The number of unbranched alkanes of at least 4 members (excludes halogenated alkanes) is 3. The van der Waals surface area contributed by atoms with Gasteiger partial charge in [-0.1, -0.05) is 50.8 Å². The van der Waals surface area contributed by atoms with Gasteiger partial charge in [-0.3, -0.25) is 4.79 Å². The molecule has 6 heteroatoms. The molecule has 0 aliphatic carbocycles. The number of nitrogens with two attached hydrogens (primary N) is 1. The van der Waals surface area contributed by atoms with Crippen molar-refractivity contribution in [3.05, 3.63) is 35.6 Å². The fraction of sp³-hybridized carbons (Fsp3) is 0.556. The molecule has 0 radical (unpaired) electrons. The van der Waals surface area contributed by atoms with Crippen molar-refractivity contribution < 1.29 is 14.0 Å². The van der Waals surface area contributed by atoms with Gasteiger partial charge in [-0.25, -0.2) is 9.18 Å². The number of carbonyl (C=O) groups excluding carboxylic acids is 2. The highest BCUT2D eigenvalue weighted by molar-refractivity contribution is 5.79. The summed E-state index contributed by atoms with van der Waals surface area (Å²) in [5.74, 6) is -0.711. The van der Waals surface area contributed by atoms with Gasteiger partial charge in [-0.2, -0.15) is 0 Å². The Morgan fingerprint density at radius 1 is 1.17 bits per heavy atom. The molecule has 0 aliphatic rings. The largest absolute Gasteiger partial charge is 0.354 e. The second-order valence-corrected chi connectivity index (χ2v) is 6.10. The smallest absolute Gasteiger partial charge is 0.312 e. The molecule has 4 N–H and O–H groups in total. The molecule has 0 saturated carbocycles. The Kier molecular flexibility index (Phi) is 8.83. The van der Waals surface area contributed by atoms with Crippen LogP contribution in [0.5, 0.6) is 0 Å². The van der Waals surface area contributed by atoms with Crippen LogP contribution in [-0.2, 0) is 4.79 Å². The van der Waals surface area contributed by atoms with Crippen LogP contribution < -0.4 is 16.4 Å². The lowest BCUT2D eigenvalue weighted by molar-refractivity contribution is -0.122. The van der Waals surface area contributed by atoms with Crippen molar-refractivity contribution in [3.8, 4) is 0 Å². The van der Waals surface area contributed by atoms with Crippen LogP contribution in [0.4, 0.5) is 9.18 Å². The lowest BCUT2D eigenvalue weighted by atomic mass is 10.0. The van der Waals surface area contributed by atoms with Crippen LogP contribution in [0.15, 0.2) is 24.3 Å². The molecule has 0 unspecified atom stereocenters.